The molecule has 0 heterocycles. The molecule has 1 aromatic carbocycles. The number of methoxy groups -OCH3 is 1. The number of nitrogens with zero attached hydrogens (tertiary/aromatic N) is 1. The lowest BCUT2D eigenvalue weighted by molar-refractivity contribution is -0.120. The second-order valence-corrected chi connectivity index (χ2v) is 5.18. The highest BCUT2D eigenvalue weighted by molar-refractivity contribution is 5.95. The van der Waals surface area contributed by atoms with Gasteiger partial charge in [-0.05, 0) is 31.2 Å². The van der Waals surface area contributed by atoms with Gasteiger partial charge in [0.1, 0.15) is 5.75 Å². The lowest BCUT2D eigenvalue weighted by Crippen LogP contribution is -2.43. The number of amides is 3. The van der Waals surface area contributed by atoms with Gasteiger partial charge in [-0.3, -0.25) is 15.0 Å². The third kappa shape index (κ3) is 7.08. The molecule has 0 unspecified atom stereocenters. The molecular weight excluding hydrogens is 282 g/mol. The fourth-order valence-corrected chi connectivity index (χ4v) is 1.97. The number of imide groups is 1. The lowest BCUT2D eigenvalue weighted by Gasteiger charge is -2.16. The lowest BCUT2D eigenvalue weighted by atomic mass is 10.2. The standard InChI is InChI=1S/C16H25N3O3/c1-4-5-9-17-16(21)18-15(20)12-19(2)11-13-7-6-8-14(10-13)22-3/h6-8,10H,4-5,9,11-12H2,1-3H3,(H2,17,18,20,21). The van der Waals surface area contributed by atoms with Gasteiger partial charge in [0.15, 0.2) is 0 Å². The summed E-state index contributed by atoms with van der Waals surface area (Å²) in [6, 6.07) is 7.23. The molecule has 6 heteroatoms. The minimum atomic E-state index is -0.437. The fraction of sp³-hybridized carbons (Fsp3) is 0.500. The normalized spacial score (nSPS) is 10.4. The molecule has 0 fully saturated rings. The molecule has 0 spiro atoms. The van der Waals surface area contributed by atoms with E-state index in [2.05, 4.69) is 10.6 Å². The monoisotopic (exact) mass is 307 g/mol. The number of likely N-dealkylation sites (N-methyl/N-ethyl adjacent to an activating group) is 1. The Morgan fingerprint density at radius 3 is 2.77 bits per heavy atom. The Kier molecular flexibility index (Phi) is 7.99. The van der Waals surface area contributed by atoms with Gasteiger partial charge in [-0.15, -0.1) is 0 Å². The van der Waals surface area contributed by atoms with Crippen LogP contribution in [0.4, 0.5) is 4.79 Å². The van der Waals surface area contributed by atoms with Crippen LogP contribution in [0.5, 0.6) is 5.75 Å². The molecule has 0 bridgehead atoms. The summed E-state index contributed by atoms with van der Waals surface area (Å²) in [4.78, 5) is 25.1. The predicted molar refractivity (Wildman–Crippen MR) is 85.8 cm³/mol. The van der Waals surface area contributed by atoms with Crippen molar-refractivity contribution in [2.75, 3.05) is 27.2 Å². The number of benzene rings is 1. The van der Waals surface area contributed by atoms with E-state index in [1.54, 1.807) is 7.11 Å². The molecule has 1 rings (SSSR count). The molecule has 122 valence electrons. The average molecular weight is 307 g/mol. The van der Waals surface area contributed by atoms with Gasteiger partial charge >= 0.3 is 6.03 Å². The van der Waals surface area contributed by atoms with Gasteiger partial charge < -0.3 is 10.1 Å². The Labute approximate surface area is 131 Å². The first-order valence-electron chi connectivity index (χ1n) is 7.44. The molecule has 1 aromatic rings. The average Bonchev–Trinajstić information content (AvgIpc) is 2.47. The van der Waals surface area contributed by atoms with Crippen LogP contribution in [-0.2, 0) is 11.3 Å². The van der Waals surface area contributed by atoms with Crippen molar-refractivity contribution >= 4 is 11.9 Å². The van der Waals surface area contributed by atoms with E-state index in [9.17, 15) is 9.59 Å². The van der Waals surface area contributed by atoms with E-state index in [0.717, 1.165) is 24.2 Å². The Bertz CT molecular complexity index is 491. The fourth-order valence-electron chi connectivity index (χ4n) is 1.97. The van der Waals surface area contributed by atoms with Crippen molar-refractivity contribution in [1.82, 2.24) is 15.5 Å². The zero-order valence-electron chi connectivity index (χ0n) is 13.5. The first-order valence-corrected chi connectivity index (χ1v) is 7.44. The van der Waals surface area contributed by atoms with Crippen LogP contribution in [0.1, 0.15) is 25.3 Å². The van der Waals surface area contributed by atoms with E-state index in [0.29, 0.717) is 13.1 Å². The van der Waals surface area contributed by atoms with Gasteiger partial charge in [0, 0.05) is 13.1 Å². The highest BCUT2D eigenvalue weighted by Gasteiger charge is 2.10. The molecule has 0 aromatic heterocycles. The first-order chi connectivity index (χ1) is 10.5. The van der Waals surface area contributed by atoms with Crippen molar-refractivity contribution in [3.8, 4) is 5.75 Å². The highest BCUT2D eigenvalue weighted by Crippen LogP contribution is 2.13. The van der Waals surface area contributed by atoms with E-state index in [4.69, 9.17) is 4.74 Å². The molecule has 0 aliphatic carbocycles. The van der Waals surface area contributed by atoms with Crippen LogP contribution >= 0.6 is 0 Å². The molecule has 0 atom stereocenters. The first kappa shape index (κ1) is 18.0. The van der Waals surface area contributed by atoms with Crippen LogP contribution in [0.25, 0.3) is 0 Å². The summed E-state index contributed by atoms with van der Waals surface area (Å²) in [5.41, 5.74) is 1.04. The molecule has 0 saturated heterocycles. The number of hydrogen-bond donors (Lipinski definition) is 2. The van der Waals surface area contributed by atoms with Crippen molar-refractivity contribution in [3.05, 3.63) is 29.8 Å². The van der Waals surface area contributed by atoms with Crippen molar-refractivity contribution in [1.29, 1.82) is 0 Å². The minimum absolute atomic E-state index is 0.151. The number of hydrogen-bond acceptors (Lipinski definition) is 4. The van der Waals surface area contributed by atoms with E-state index in [1.165, 1.54) is 0 Å². The maximum Gasteiger partial charge on any atom is 0.321 e. The number of urea groups is 1. The van der Waals surface area contributed by atoms with Gasteiger partial charge in [0.25, 0.3) is 0 Å². The topological polar surface area (TPSA) is 70.7 Å². The number of rotatable bonds is 8. The largest absolute Gasteiger partial charge is 0.497 e. The number of ether oxygens (including phenoxy) is 1. The molecule has 6 nitrogen and oxygen atoms in total. The summed E-state index contributed by atoms with van der Waals surface area (Å²) < 4.78 is 5.17. The molecule has 2 N–H and O–H groups in total. The van der Waals surface area contributed by atoms with Crippen LogP contribution in [0.15, 0.2) is 24.3 Å². The maximum atomic E-state index is 11.8. The van der Waals surface area contributed by atoms with E-state index in [-0.39, 0.29) is 12.5 Å². The molecule has 0 aliphatic heterocycles. The quantitative estimate of drug-likeness (QED) is 0.718. The summed E-state index contributed by atoms with van der Waals surface area (Å²) in [7, 11) is 3.45. The Balaban J connectivity index is 2.35. The Morgan fingerprint density at radius 2 is 2.09 bits per heavy atom. The zero-order valence-corrected chi connectivity index (χ0v) is 13.5. The van der Waals surface area contributed by atoms with Gasteiger partial charge in [-0.25, -0.2) is 4.79 Å². The van der Waals surface area contributed by atoms with E-state index in [1.807, 2.05) is 43.1 Å². The number of nitrogens with one attached hydrogen (secondary N) is 2. The molecule has 0 aliphatic rings. The molecule has 0 saturated carbocycles. The molecular formula is C16H25N3O3. The Hall–Kier alpha value is -2.08. The maximum absolute atomic E-state index is 11.8. The Morgan fingerprint density at radius 1 is 1.32 bits per heavy atom. The van der Waals surface area contributed by atoms with Crippen molar-refractivity contribution < 1.29 is 14.3 Å². The van der Waals surface area contributed by atoms with Crippen molar-refractivity contribution in [2.24, 2.45) is 0 Å². The van der Waals surface area contributed by atoms with Crippen LogP contribution < -0.4 is 15.4 Å². The number of carbonyl (C=O) groups excluding carboxylic acids is 2. The summed E-state index contributed by atoms with van der Waals surface area (Å²) in [6.45, 7) is 3.37. The number of carbonyl (C=O) groups is 2. The summed E-state index contributed by atoms with van der Waals surface area (Å²) in [6.07, 6.45) is 1.90. The van der Waals surface area contributed by atoms with Gasteiger partial charge in [0.05, 0.1) is 13.7 Å². The minimum Gasteiger partial charge on any atom is -0.497 e. The summed E-state index contributed by atoms with van der Waals surface area (Å²) >= 11 is 0. The second kappa shape index (κ2) is 9.78. The third-order valence-corrected chi connectivity index (χ3v) is 3.07. The van der Waals surface area contributed by atoms with Crippen LogP contribution in [0, 0.1) is 0 Å². The predicted octanol–water partition coefficient (Wildman–Crippen LogP) is 1.75. The molecule has 22 heavy (non-hydrogen) atoms. The van der Waals surface area contributed by atoms with Crippen molar-refractivity contribution in [2.45, 2.75) is 26.3 Å². The van der Waals surface area contributed by atoms with Crippen LogP contribution in [-0.4, -0.2) is 44.1 Å². The van der Waals surface area contributed by atoms with Gasteiger partial charge in [-0.1, -0.05) is 25.5 Å². The second-order valence-electron chi connectivity index (χ2n) is 5.18. The summed E-state index contributed by atoms with van der Waals surface area (Å²) in [5, 5.41) is 4.97. The van der Waals surface area contributed by atoms with Crippen LogP contribution in [0.3, 0.4) is 0 Å². The summed E-state index contributed by atoms with van der Waals surface area (Å²) in [5.74, 6) is 0.463. The van der Waals surface area contributed by atoms with Gasteiger partial charge in [-0.2, -0.15) is 0 Å². The highest BCUT2D eigenvalue weighted by atomic mass is 16.5. The molecule has 3 amide bonds. The molecule has 0 radical (unpaired) electrons. The van der Waals surface area contributed by atoms with Gasteiger partial charge in [0.2, 0.25) is 5.91 Å². The van der Waals surface area contributed by atoms with E-state index >= 15 is 0 Å². The third-order valence-electron chi connectivity index (χ3n) is 3.07. The SMILES string of the molecule is CCCCNC(=O)NC(=O)CN(C)Cc1cccc(OC)c1. The van der Waals surface area contributed by atoms with Crippen LogP contribution in [0.2, 0.25) is 0 Å². The smallest absolute Gasteiger partial charge is 0.321 e. The van der Waals surface area contributed by atoms with Crippen molar-refractivity contribution in [3.63, 3.8) is 0 Å². The van der Waals surface area contributed by atoms with E-state index < -0.39 is 6.03 Å². The number of unbranched alkanes of at least 4 members (excludes halogenated alkanes) is 1. The zero-order chi connectivity index (χ0) is 16.4.